The zero-order chi connectivity index (χ0) is 29.5. The van der Waals surface area contributed by atoms with Crippen LogP contribution in [0.15, 0.2) is 12.1 Å². The van der Waals surface area contributed by atoms with Crippen molar-refractivity contribution in [1.29, 1.82) is 0 Å². The van der Waals surface area contributed by atoms with Crippen LogP contribution >= 0.6 is 0 Å². The first-order valence-electron chi connectivity index (χ1n) is 13.1. The number of quaternary nitrogens is 1. The van der Waals surface area contributed by atoms with E-state index in [4.69, 9.17) is 24.8 Å². The van der Waals surface area contributed by atoms with E-state index in [0.29, 0.717) is 44.2 Å². The average molecular weight is 576 g/mol. The number of hydrogen-bond acceptors (Lipinski definition) is 11. The third-order valence-corrected chi connectivity index (χ3v) is 7.33. The molecule has 3 heterocycles. The van der Waals surface area contributed by atoms with Gasteiger partial charge in [-0.3, -0.25) is 10.5 Å². The molecule has 224 valence electrons. The molecule has 0 saturated carbocycles. The van der Waals surface area contributed by atoms with Crippen LogP contribution in [0.1, 0.15) is 49.5 Å². The minimum Gasteiger partial charge on any atom is -0.494 e. The van der Waals surface area contributed by atoms with Crippen LogP contribution in [0.4, 0.5) is 18.9 Å². The van der Waals surface area contributed by atoms with Crippen molar-refractivity contribution in [3.63, 3.8) is 0 Å². The topological polar surface area (TPSA) is 128 Å². The minimum absolute atomic E-state index is 0.222. The van der Waals surface area contributed by atoms with Crippen molar-refractivity contribution in [1.82, 2.24) is 15.9 Å². The summed E-state index contributed by atoms with van der Waals surface area (Å²) in [6.45, 7) is 7.40. The Bertz CT molecular complexity index is 1110. The molecule has 0 aliphatic carbocycles. The number of ether oxygens (including phenoxy) is 3. The molecule has 4 atom stereocenters. The Kier molecular flexibility index (Phi) is 8.66. The number of hydrogen-bond donors (Lipinski definition) is 3. The lowest BCUT2D eigenvalue weighted by Gasteiger charge is -2.39. The Hall–Kier alpha value is -2.53. The van der Waals surface area contributed by atoms with Crippen molar-refractivity contribution < 1.29 is 46.6 Å². The van der Waals surface area contributed by atoms with Gasteiger partial charge in [0.05, 0.1) is 26.0 Å². The van der Waals surface area contributed by atoms with Crippen molar-refractivity contribution >= 4 is 17.4 Å². The highest BCUT2D eigenvalue weighted by Crippen LogP contribution is 2.41. The van der Waals surface area contributed by atoms with E-state index in [-0.39, 0.29) is 12.0 Å². The predicted molar refractivity (Wildman–Crippen MR) is 136 cm³/mol. The van der Waals surface area contributed by atoms with Gasteiger partial charge in [-0.25, -0.2) is 15.1 Å². The summed E-state index contributed by atoms with van der Waals surface area (Å²) >= 11 is 0. The van der Waals surface area contributed by atoms with E-state index in [2.05, 4.69) is 10.9 Å². The molecular formula is C25H38F3N6O6+. The van der Waals surface area contributed by atoms with Crippen LogP contribution in [-0.4, -0.2) is 93.4 Å². The highest BCUT2D eigenvalue weighted by Gasteiger charge is 2.61. The van der Waals surface area contributed by atoms with Crippen molar-refractivity contribution in [3.05, 3.63) is 23.3 Å². The first-order valence-corrected chi connectivity index (χ1v) is 13.1. The maximum atomic E-state index is 13.9. The number of methoxy groups -OCH3 is 2. The predicted octanol–water partition coefficient (Wildman–Crippen LogP) is 1.51. The van der Waals surface area contributed by atoms with Crippen LogP contribution < -0.4 is 26.2 Å². The van der Waals surface area contributed by atoms with E-state index >= 15 is 0 Å². The number of anilines is 1. The van der Waals surface area contributed by atoms with E-state index in [1.165, 1.54) is 12.1 Å². The number of alkyl halides is 3. The van der Waals surface area contributed by atoms with Gasteiger partial charge in [0.2, 0.25) is 18.5 Å². The van der Waals surface area contributed by atoms with Crippen LogP contribution in [0.25, 0.3) is 0 Å². The van der Waals surface area contributed by atoms with E-state index < -0.39 is 53.3 Å². The monoisotopic (exact) mass is 575 g/mol. The molecule has 3 aliphatic heterocycles. The van der Waals surface area contributed by atoms with E-state index in [9.17, 15) is 22.8 Å². The summed E-state index contributed by atoms with van der Waals surface area (Å²) in [6.07, 6.45) is -7.16. The van der Waals surface area contributed by atoms with Gasteiger partial charge in [0.25, 0.3) is 0 Å². The number of Topliss-reactive ketones (excluding diaryl/α,β-unsaturated/α-hetero) is 1. The lowest BCUT2D eigenvalue weighted by Crippen LogP contribution is -2.66. The Morgan fingerprint density at radius 3 is 2.40 bits per heavy atom. The molecule has 1 aromatic carbocycles. The second-order valence-electron chi connectivity index (χ2n) is 11.1. The maximum Gasteiger partial charge on any atom is 0.497 e. The van der Waals surface area contributed by atoms with Gasteiger partial charge in [-0.2, -0.15) is 13.2 Å². The Balaban J connectivity index is 1.75. The van der Waals surface area contributed by atoms with E-state index in [1.54, 1.807) is 19.2 Å². The van der Waals surface area contributed by atoms with E-state index in [0.717, 1.165) is 5.56 Å². The van der Waals surface area contributed by atoms with E-state index in [1.807, 2.05) is 25.7 Å². The van der Waals surface area contributed by atoms with Crippen LogP contribution in [0, 0.1) is 0 Å². The number of hydroxylamine groups is 2. The fourth-order valence-corrected chi connectivity index (χ4v) is 5.33. The van der Waals surface area contributed by atoms with Gasteiger partial charge in [-0.05, 0) is 28.7 Å². The van der Waals surface area contributed by atoms with Crippen molar-refractivity contribution in [2.45, 2.75) is 63.9 Å². The molecule has 3 fully saturated rings. The summed E-state index contributed by atoms with van der Waals surface area (Å²) < 4.78 is 55.6. The quantitative estimate of drug-likeness (QED) is 0.323. The van der Waals surface area contributed by atoms with Crippen molar-refractivity contribution in [2.24, 2.45) is 5.73 Å². The number of rotatable bonds is 7. The number of fused-ring (bicyclic) bond motifs is 1. The molecule has 4 rings (SSSR count). The lowest BCUT2D eigenvalue weighted by molar-refractivity contribution is -1.13. The third-order valence-electron chi connectivity index (χ3n) is 7.33. The van der Waals surface area contributed by atoms with Gasteiger partial charge in [0, 0.05) is 37.7 Å². The molecule has 0 bridgehead atoms. The molecule has 15 heteroatoms. The number of ketones is 1. The largest absolute Gasteiger partial charge is 0.497 e. The molecule has 4 unspecified atom stereocenters. The van der Waals surface area contributed by atoms with Crippen molar-refractivity contribution in [2.75, 3.05) is 52.0 Å². The lowest BCUT2D eigenvalue weighted by atomic mass is 9.84. The minimum atomic E-state index is -5.28. The highest BCUT2D eigenvalue weighted by atomic mass is 19.4. The SMILES string of the molecule is COc1c(N2CCOCC2)cc(C(=O)C[N+]2(OC(=O)C(F)(F)F)NC(N)N3NC(OC)CCC32)cc1C(C)(C)C. The van der Waals surface area contributed by atoms with Crippen LogP contribution in [-0.2, 0) is 24.5 Å². The number of halogens is 3. The highest BCUT2D eigenvalue weighted by molar-refractivity contribution is 5.99. The molecular weight excluding hydrogens is 537 g/mol. The van der Waals surface area contributed by atoms with Crippen molar-refractivity contribution in [3.8, 4) is 5.75 Å². The Labute approximate surface area is 230 Å². The number of nitrogens with one attached hydrogen (secondary N) is 2. The number of carbonyl (C=O) groups is 2. The Morgan fingerprint density at radius 2 is 1.82 bits per heavy atom. The maximum absolute atomic E-state index is 13.9. The molecule has 0 spiro atoms. The molecule has 0 radical (unpaired) electrons. The second kappa shape index (κ2) is 11.4. The molecule has 12 nitrogen and oxygen atoms in total. The zero-order valence-corrected chi connectivity index (χ0v) is 23.3. The summed E-state index contributed by atoms with van der Waals surface area (Å²) in [7, 11) is 3.03. The fraction of sp³-hybridized carbons (Fsp3) is 0.680. The van der Waals surface area contributed by atoms with Gasteiger partial charge >= 0.3 is 12.1 Å². The number of benzene rings is 1. The summed E-state index contributed by atoms with van der Waals surface area (Å²) in [4.78, 5) is 33.1. The van der Waals surface area contributed by atoms with Crippen LogP contribution in [0.3, 0.4) is 0 Å². The number of morpholine rings is 1. The number of carbonyl (C=O) groups excluding carboxylic acids is 2. The summed E-state index contributed by atoms with van der Waals surface area (Å²) in [5.41, 5.74) is 13.1. The smallest absolute Gasteiger partial charge is 0.494 e. The average Bonchev–Trinajstić information content (AvgIpc) is 3.17. The molecule has 0 aromatic heterocycles. The molecule has 4 N–H and O–H groups in total. The fourth-order valence-electron chi connectivity index (χ4n) is 5.33. The van der Waals surface area contributed by atoms with Gasteiger partial charge in [-0.15, -0.1) is 5.01 Å². The molecule has 40 heavy (non-hydrogen) atoms. The summed E-state index contributed by atoms with van der Waals surface area (Å²) in [6, 6.07) is 3.35. The van der Waals surface area contributed by atoms with Gasteiger partial charge in [0.15, 0.2) is 6.29 Å². The summed E-state index contributed by atoms with van der Waals surface area (Å²) in [5.74, 6) is -2.38. The second-order valence-corrected chi connectivity index (χ2v) is 11.1. The van der Waals surface area contributed by atoms with Gasteiger partial charge < -0.3 is 19.1 Å². The van der Waals surface area contributed by atoms with Gasteiger partial charge in [-0.1, -0.05) is 26.2 Å². The molecule has 3 aliphatic rings. The standard InChI is InChI=1S/C25H38F3N6O6/c1-24(2,3)16-12-15(13-17(21(16)38-5)32-8-10-39-11-9-32)18(35)14-34(40-22(36)25(26,27)28)20-7-6-19(37-4)30-33(20)23(29)31-34/h12-13,19-20,23,30-31H,6-11,14,29H2,1-5H3/q+1. The third kappa shape index (κ3) is 6.05. The molecule has 3 saturated heterocycles. The number of nitrogens with zero attached hydrogens (tertiary/aromatic N) is 3. The number of nitrogens with two attached hydrogens (primary N) is 1. The molecule has 1 aromatic rings. The van der Waals surface area contributed by atoms with Gasteiger partial charge in [0.1, 0.15) is 12.0 Å². The van der Waals surface area contributed by atoms with Crippen LogP contribution in [0.5, 0.6) is 5.75 Å². The number of hydrazine groups is 1. The van der Waals surface area contributed by atoms with Crippen LogP contribution in [0.2, 0.25) is 0 Å². The normalized spacial score (nSPS) is 27.8. The first kappa shape index (κ1) is 30.4. The Morgan fingerprint density at radius 1 is 1.15 bits per heavy atom. The summed E-state index contributed by atoms with van der Waals surface area (Å²) in [5, 5.41) is 1.42. The first-order chi connectivity index (χ1) is 18.7. The zero-order valence-electron chi connectivity index (χ0n) is 23.3. The molecule has 0 amide bonds.